The number of hydrogen-bond donors (Lipinski definition) is 0. The van der Waals surface area contributed by atoms with Gasteiger partial charge in [0.05, 0.1) is 5.75 Å². The second-order valence-electron chi connectivity index (χ2n) is 5.89. The lowest BCUT2D eigenvalue weighted by Gasteiger charge is -2.24. The van der Waals surface area contributed by atoms with E-state index in [4.69, 9.17) is 16.3 Å². The van der Waals surface area contributed by atoms with Crippen LogP contribution in [0.2, 0.25) is 5.02 Å². The van der Waals surface area contributed by atoms with Gasteiger partial charge in [0.2, 0.25) is 5.91 Å². The van der Waals surface area contributed by atoms with Gasteiger partial charge in [-0.25, -0.2) is 0 Å². The van der Waals surface area contributed by atoms with E-state index in [1.165, 1.54) is 0 Å². The van der Waals surface area contributed by atoms with Crippen LogP contribution < -0.4 is 9.64 Å². The summed E-state index contributed by atoms with van der Waals surface area (Å²) >= 11 is 7.59. The van der Waals surface area contributed by atoms with E-state index in [-0.39, 0.29) is 11.3 Å². The molecule has 0 aromatic heterocycles. The molecule has 130 valence electrons. The first-order valence-corrected chi connectivity index (χ1v) is 9.65. The van der Waals surface area contributed by atoms with Gasteiger partial charge in [-0.1, -0.05) is 41.9 Å². The highest BCUT2D eigenvalue weighted by molar-refractivity contribution is 8.00. The predicted molar refractivity (Wildman–Crippen MR) is 107 cm³/mol. The Labute approximate surface area is 161 Å². The van der Waals surface area contributed by atoms with E-state index in [0.29, 0.717) is 10.8 Å². The van der Waals surface area contributed by atoms with Crippen LogP contribution >= 0.6 is 23.4 Å². The highest BCUT2D eigenvalue weighted by atomic mass is 35.5. The minimum atomic E-state index is -0.0468. The molecule has 1 heterocycles. The topological polar surface area (TPSA) is 29.5 Å². The predicted octanol–water partition coefficient (Wildman–Crippen LogP) is 5.91. The van der Waals surface area contributed by atoms with Crippen LogP contribution in [0.3, 0.4) is 0 Å². The molecular formula is C21H16ClNO2S. The van der Waals surface area contributed by atoms with Crippen LogP contribution in [0, 0.1) is 0 Å². The van der Waals surface area contributed by atoms with Crippen molar-refractivity contribution in [3.05, 3.63) is 89.4 Å². The van der Waals surface area contributed by atoms with Crippen LogP contribution in [0.1, 0.15) is 10.9 Å². The molecule has 1 unspecified atom stereocenters. The van der Waals surface area contributed by atoms with Gasteiger partial charge in [-0.05, 0) is 54.1 Å². The first-order chi connectivity index (χ1) is 12.7. The summed E-state index contributed by atoms with van der Waals surface area (Å²) in [5.74, 6) is 2.14. The molecule has 1 atom stereocenters. The van der Waals surface area contributed by atoms with E-state index in [1.54, 1.807) is 23.9 Å². The van der Waals surface area contributed by atoms with Crippen molar-refractivity contribution in [1.82, 2.24) is 0 Å². The number of rotatable bonds is 4. The van der Waals surface area contributed by atoms with Crippen molar-refractivity contribution in [2.75, 3.05) is 10.7 Å². The molecule has 0 bridgehead atoms. The average Bonchev–Trinajstić information content (AvgIpc) is 3.05. The summed E-state index contributed by atoms with van der Waals surface area (Å²) in [7, 11) is 0. The van der Waals surface area contributed by atoms with Crippen molar-refractivity contribution in [2.45, 2.75) is 5.37 Å². The molecular weight excluding hydrogens is 366 g/mol. The number of ether oxygens (including phenoxy) is 1. The maximum absolute atomic E-state index is 12.4. The van der Waals surface area contributed by atoms with Gasteiger partial charge in [0.15, 0.2) is 0 Å². The molecule has 1 saturated heterocycles. The summed E-state index contributed by atoms with van der Waals surface area (Å²) < 4.78 is 5.84. The number of halogens is 1. The molecule has 0 aliphatic carbocycles. The van der Waals surface area contributed by atoms with Gasteiger partial charge in [-0.3, -0.25) is 9.69 Å². The molecule has 1 amide bonds. The van der Waals surface area contributed by atoms with Gasteiger partial charge in [0, 0.05) is 10.7 Å². The Bertz CT molecular complexity index is 898. The minimum Gasteiger partial charge on any atom is -0.457 e. The van der Waals surface area contributed by atoms with Crippen molar-refractivity contribution in [2.24, 2.45) is 0 Å². The number of thioether (sulfide) groups is 1. The number of para-hydroxylation sites is 1. The highest BCUT2D eigenvalue weighted by Crippen LogP contribution is 2.42. The Morgan fingerprint density at radius 3 is 2.23 bits per heavy atom. The SMILES string of the molecule is O=C1CSC(c2ccc(Oc3ccccc3)cc2)N1c1ccc(Cl)cc1. The van der Waals surface area contributed by atoms with E-state index in [0.717, 1.165) is 22.7 Å². The number of benzene rings is 3. The molecule has 0 N–H and O–H groups in total. The van der Waals surface area contributed by atoms with Crippen LogP contribution in [0.15, 0.2) is 78.9 Å². The Kier molecular flexibility index (Phi) is 4.87. The Balaban J connectivity index is 1.56. The fraction of sp³-hybridized carbons (Fsp3) is 0.0952. The van der Waals surface area contributed by atoms with E-state index >= 15 is 0 Å². The standard InChI is InChI=1S/C21H16ClNO2S/c22-16-8-10-17(11-9-16)23-20(24)14-26-21(23)15-6-12-19(13-7-15)25-18-4-2-1-3-5-18/h1-13,21H,14H2. The lowest BCUT2D eigenvalue weighted by molar-refractivity contribution is -0.115. The molecule has 3 aromatic carbocycles. The molecule has 0 radical (unpaired) electrons. The summed E-state index contributed by atoms with van der Waals surface area (Å²) in [5.41, 5.74) is 1.93. The van der Waals surface area contributed by atoms with Crippen LogP contribution in [-0.2, 0) is 4.79 Å². The van der Waals surface area contributed by atoms with Crippen LogP contribution in [0.4, 0.5) is 5.69 Å². The fourth-order valence-electron chi connectivity index (χ4n) is 2.88. The first kappa shape index (κ1) is 17.0. The zero-order valence-corrected chi connectivity index (χ0v) is 15.4. The smallest absolute Gasteiger partial charge is 0.238 e. The van der Waals surface area contributed by atoms with Gasteiger partial charge < -0.3 is 4.74 Å². The Hall–Kier alpha value is -2.43. The molecule has 0 saturated carbocycles. The van der Waals surface area contributed by atoms with Crippen molar-refractivity contribution < 1.29 is 9.53 Å². The second-order valence-corrected chi connectivity index (χ2v) is 7.39. The second kappa shape index (κ2) is 7.44. The lowest BCUT2D eigenvalue weighted by atomic mass is 10.1. The molecule has 1 fully saturated rings. The molecule has 3 aromatic rings. The minimum absolute atomic E-state index is 0.0468. The normalized spacial score (nSPS) is 16.7. The quantitative estimate of drug-likeness (QED) is 0.562. The maximum atomic E-state index is 12.4. The molecule has 5 heteroatoms. The summed E-state index contributed by atoms with van der Waals surface area (Å²) in [6.45, 7) is 0. The molecule has 1 aliphatic heterocycles. The molecule has 3 nitrogen and oxygen atoms in total. The van der Waals surface area contributed by atoms with Gasteiger partial charge in [0.25, 0.3) is 0 Å². The average molecular weight is 382 g/mol. The number of carbonyl (C=O) groups excluding carboxylic acids is 1. The van der Waals surface area contributed by atoms with E-state index < -0.39 is 0 Å². The van der Waals surface area contributed by atoms with Crippen molar-refractivity contribution >= 4 is 35.0 Å². The number of amides is 1. The van der Waals surface area contributed by atoms with Crippen LogP contribution in [-0.4, -0.2) is 11.7 Å². The Morgan fingerprint density at radius 2 is 1.54 bits per heavy atom. The molecule has 26 heavy (non-hydrogen) atoms. The summed E-state index contributed by atoms with van der Waals surface area (Å²) in [6, 6.07) is 24.9. The maximum Gasteiger partial charge on any atom is 0.238 e. The van der Waals surface area contributed by atoms with Gasteiger partial charge >= 0.3 is 0 Å². The number of carbonyl (C=O) groups is 1. The number of hydrogen-bond acceptors (Lipinski definition) is 3. The van der Waals surface area contributed by atoms with E-state index in [9.17, 15) is 4.79 Å². The van der Waals surface area contributed by atoms with Crippen LogP contribution in [0.5, 0.6) is 11.5 Å². The Morgan fingerprint density at radius 1 is 0.885 bits per heavy atom. The first-order valence-electron chi connectivity index (χ1n) is 8.23. The summed E-state index contributed by atoms with van der Waals surface area (Å²) in [4.78, 5) is 14.2. The monoisotopic (exact) mass is 381 g/mol. The van der Waals surface area contributed by atoms with E-state index in [2.05, 4.69) is 0 Å². The summed E-state index contributed by atoms with van der Waals surface area (Å²) in [5, 5.41) is 0.612. The van der Waals surface area contributed by atoms with Gasteiger partial charge in [-0.2, -0.15) is 0 Å². The van der Waals surface area contributed by atoms with Gasteiger partial charge in [-0.15, -0.1) is 11.8 Å². The van der Waals surface area contributed by atoms with Crippen molar-refractivity contribution in [3.8, 4) is 11.5 Å². The highest BCUT2D eigenvalue weighted by Gasteiger charge is 2.33. The molecule has 4 rings (SSSR count). The zero-order chi connectivity index (χ0) is 17.9. The number of nitrogens with zero attached hydrogens (tertiary/aromatic N) is 1. The fourth-order valence-corrected chi connectivity index (χ4v) is 4.18. The zero-order valence-electron chi connectivity index (χ0n) is 13.8. The van der Waals surface area contributed by atoms with Crippen molar-refractivity contribution in [3.63, 3.8) is 0 Å². The third-order valence-corrected chi connectivity index (χ3v) is 5.58. The van der Waals surface area contributed by atoms with E-state index in [1.807, 2.05) is 71.6 Å². The van der Waals surface area contributed by atoms with Gasteiger partial charge in [0.1, 0.15) is 16.9 Å². The number of anilines is 1. The lowest BCUT2D eigenvalue weighted by Crippen LogP contribution is -2.27. The third-order valence-electron chi connectivity index (χ3n) is 4.12. The summed E-state index contributed by atoms with van der Waals surface area (Å²) in [6.07, 6.45) is 0. The third kappa shape index (κ3) is 3.57. The molecule has 1 aliphatic rings. The largest absolute Gasteiger partial charge is 0.457 e. The van der Waals surface area contributed by atoms with Crippen molar-refractivity contribution in [1.29, 1.82) is 0 Å². The van der Waals surface area contributed by atoms with Crippen LogP contribution in [0.25, 0.3) is 0 Å². The molecule has 0 spiro atoms.